The molecule has 1 aromatic rings. The van der Waals surface area contributed by atoms with Crippen molar-refractivity contribution < 1.29 is 13.9 Å². The molecule has 2 fully saturated rings. The third kappa shape index (κ3) is 6.68. The van der Waals surface area contributed by atoms with Crippen molar-refractivity contribution in [3.8, 4) is 0 Å². The second kappa shape index (κ2) is 10.5. The standard InChI is InChI=1S/C21H32FN5O2/c1-25(2)20(28)14-24-21(23-13-18-6-11-29-16-18)27-9-7-26(8-10-27)15-17-4-3-5-19(22)12-17/h3-5,12,18H,6-11,13-16H2,1-2H3,(H,23,24). The Kier molecular flexibility index (Phi) is 7.83. The van der Waals surface area contributed by atoms with Crippen LogP contribution in [0.4, 0.5) is 4.39 Å². The summed E-state index contributed by atoms with van der Waals surface area (Å²) in [6, 6.07) is 6.78. The number of nitrogens with zero attached hydrogens (tertiary/aromatic N) is 4. The fourth-order valence-corrected chi connectivity index (χ4v) is 3.54. The van der Waals surface area contributed by atoms with Crippen LogP contribution in [0.15, 0.2) is 29.3 Å². The Hall–Kier alpha value is -2.19. The van der Waals surface area contributed by atoms with Gasteiger partial charge in [0, 0.05) is 65.9 Å². The number of rotatable bonds is 6. The third-order valence-corrected chi connectivity index (χ3v) is 5.40. The molecule has 2 saturated heterocycles. The van der Waals surface area contributed by atoms with E-state index in [9.17, 15) is 9.18 Å². The summed E-state index contributed by atoms with van der Waals surface area (Å²) in [4.78, 5) is 22.7. The van der Waals surface area contributed by atoms with Gasteiger partial charge in [-0.1, -0.05) is 12.1 Å². The average Bonchev–Trinajstić information content (AvgIpc) is 3.22. The van der Waals surface area contributed by atoms with E-state index in [0.717, 1.165) is 70.4 Å². The molecular weight excluding hydrogens is 373 g/mol. The third-order valence-electron chi connectivity index (χ3n) is 5.40. The highest BCUT2D eigenvalue weighted by Gasteiger charge is 2.22. The van der Waals surface area contributed by atoms with Gasteiger partial charge in [-0.2, -0.15) is 0 Å². The van der Waals surface area contributed by atoms with E-state index in [1.165, 1.54) is 6.07 Å². The predicted molar refractivity (Wildman–Crippen MR) is 111 cm³/mol. The van der Waals surface area contributed by atoms with Crippen molar-refractivity contribution in [1.29, 1.82) is 0 Å². The van der Waals surface area contributed by atoms with Crippen LogP contribution in [0.5, 0.6) is 0 Å². The summed E-state index contributed by atoms with van der Waals surface area (Å²) in [7, 11) is 3.48. The Labute approximate surface area is 172 Å². The zero-order valence-electron chi connectivity index (χ0n) is 17.4. The lowest BCUT2D eigenvalue weighted by molar-refractivity contribution is -0.127. The van der Waals surface area contributed by atoms with E-state index < -0.39 is 0 Å². The molecule has 1 aromatic carbocycles. The summed E-state index contributed by atoms with van der Waals surface area (Å²) in [6.07, 6.45) is 1.05. The second-order valence-corrected chi connectivity index (χ2v) is 7.93. The Balaban J connectivity index is 1.55. The molecule has 0 aliphatic carbocycles. The summed E-state index contributed by atoms with van der Waals surface area (Å²) in [5, 5.41) is 3.45. The van der Waals surface area contributed by atoms with Crippen LogP contribution in [-0.2, 0) is 16.1 Å². The molecule has 7 nitrogen and oxygen atoms in total. The second-order valence-electron chi connectivity index (χ2n) is 7.93. The van der Waals surface area contributed by atoms with E-state index >= 15 is 0 Å². The van der Waals surface area contributed by atoms with Crippen molar-refractivity contribution >= 4 is 11.9 Å². The molecule has 8 heteroatoms. The van der Waals surface area contributed by atoms with E-state index in [2.05, 4.69) is 20.1 Å². The van der Waals surface area contributed by atoms with Gasteiger partial charge in [-0.25, -0.2) is 9.38 Å². The molecule has 160 valence electrons. The SMILES string of the molecule is CN(C)C(=O)CN=C(NCC1CCOC1)N1CCN(Cc2cccc(F)c2)CC1. The quantitative estimate of drug-likeness (QED) is 0.566. The fourth-order valence-electron chi connectivity index (χ4n) is 3.54. The summed E-state index contributed by atoms with van der Waals surface area (Å²) < 4.78 is 18.9. The minimum Gasteiger partial charge on any atom is -0.381 e. The summed E-state index contributed by atoms with van der Waals surface area (Å²) in [6.45, 7) is 6.64. The number of likely N-dealkylation sites (N-methyl/N-ethyl adjacent to an activating group) is 1. The Morgan fingerprint density at radius 1 is 1.31 bits per heavy atom. The minimum absolute atomic E-state index is 0.0155. The van der Waals surface area contributed by atoms with Crippen molar-refractivity contribution in [2.45, 2.75) is 13.0 Å². The molecule has 3 rings (SSSR count). The van der Waals surface area contributed by atoms with Gasteiger partial charge >= 0.3 is 0 Å². The van der Waals surface area contributed by atoms with Crippen LogP contribution in [-0.4, -0.2) is 93.1 Å². The van der Waals surface area contributed by atoms with Crippen molar-refractivity contribution in [2.24, 2.45) is 10.9 Å². The number of piperazine rings is 1. The molecular formula is C21H32FN5O2. The first-order chi connectivity index (χ1) is 14.0. The number of aliphatic imine (C=N–C) groups is 1. The lowest BCUT2D eigenvalue weighted by Gasteiger charge is -2.37. The molecule has 0 spiro atoms. The number of halogens is 1. The molecule has 2 heterocycles. The molecule has 0 aromatic heterocycles. The summed E-state index contributed by atoms with van der Waals surface area (Å²) in [5.74, 6) is 1.07. The highest BCUT2D eigenvalue weighted by atomic mass is 19.1. The number of ether oxygens (including phenoxy) is 1. The number of carbonyl (C=O) groups is 1. The van der Waals surface area contributed by atoms with Crippen LogP contribution in [0.3, 0.4) is 0 Å². The zero-order chi connectivity index (χ0) is 20.6. The van der Waals surface area contributed by atoms with Crippen molar-refractivity contribution in [3.05, 3.63) is 35.6 Å². The minimum atomic E-state index is -0.193. The number of carbonyl (C=O) groups excluding carboxylic acids is 1. The van der Waals surface area contributed by atoms with Gasteiger partial charge in [0.15, 0.2) is 5.96 Å². The molecule has 1 N–H and O–H groups in total. The first-order valence-electron chi connectivity index (χ1n) is 10.3. The van der Waals surface area contributed by atoms with E-state index in [4.69, 9.17) is 4.74 Å². The molecule has 0 radical (unpaired) electrons. The molecule has 1 unspecified atom stereocenters. The van der Waals surface area contributed by atoms with Crippen molar-refractivity contribution in [1.82, 2.24) is 20.0 Å². The average molecular weight is 406 g/mol. The Morgan fingerprint density at radius 2 is 2.10 bits per heavy atom. The van der Waals surface area contributed by atoms with Crippen LogP contribution >= 0.6 is 0 Å². The van der Waals surface area contributed by atoms with Gasteiger partial charge in [0.1, 0.15) is 12.4 Å². The topological polar surface area (TPSA) is 60.4 Å². The summed E-state index contributed by atoms with van der Waals surface area (Å²) >= 11 is 0. The maximum absolute atomic E-state index is 13.4. The van der Waals surface area contributed by atoms with Gasteiger partial charge in [0.05, 0.1) is 6.61 Å². The Bertz CT molecular complexity index is 698. The normalized spacial score (nSPS) is 20.7. The van der Waals surface area contributed by atoms with Gasteiger partial charge in [0.2, 0.25) is 5.91 Å². The number of amides is 1. The van der Waals surface area contributed by atoms with Gasteiger partial charge in [-0.15, -0.1) is 0 Å². The van der Waals surface area contributed by atoms with Crippen LogP contribution < -0.4 is 5.32 Å². The van der Waals surface area contributed by atoms with E-state index in [0.29, 0.717) is 5.92 Å². The van der Waals surface area contributed by atoms with Gasteiger partial charge in [-0.3, -0.25) is 9.69 Å². The molecule has 29 heavy (non-hydrogen) atoms. The van der Waals surface area contributed by atoms with E-state index in [1.807, 2.05) is 6.07 Å². The van der Waals surface area contributed by atoms with E-state index in [1.54, 1.807) is 31.1 Å². The molecule has 2 aliphatic heterocycles. The first kappa shape index (κ1) is 21.5. The number of nitrogens with one attached hydrogen (secondary N) is 1. The van der Waals surface area contributed by atoms with Crippen LogP contribution in [0.25, 0.3) is 0 Å². The van der Waals surface area contributed by atoms with Gasteiger partial charge < -0.3 is 19.9 Å². The fraction of sp³-hybridized carbons (Fsp3) is 0.619. The monoisotopic (exact) mass is 405 g/mol. The van der Waals surface area contributed by atoms with Crippen LogP contribution in [0.1, 0.15) is 12.0 Å². The lowest BCUT2D eigenvalue weighted by atomic mass is 10.1. The largest absolute Gasteiger partial charge is 0.381 e. The molecule has 2 aliphatic rings. The highest BCUT2D eigenvalue weighted by Crippen LogP contribution is 2.12. The van der Waals surface area contributed by atoms with E-state index in [-0.39, 0.29) is 18.3 Å². The number of benzene rings is 1. The maximum atomic E-state index is 13.4. The number of hydrogen-bond donors (Lipinski definition) is 1. The number of guanidine groups is 1. The smallest absolute Gasteiger partial charge is 0.243 e. The van der Waals surface area contributed by atoms with Crippen LogP contribution in [0, 0.1) is 11.7 Å². The Morgan fingerprint density at radius 3 is 2.76 bits per heavy atom. The predicted octanol–water partition coefficient (Wildman–Crippen LogP) is 1.01. The van der Waals surface area contributed by atoms with Gasteiger partial charge in [0.25, 0.3) is 0 Å². The molecule has 1 atom stereocenters. The lowest BCUT2D eigenvalue weighted by Crippen LogP contribution is -2.53. The first-order valence-corrected chi connectivity index (χ1v) is 10.3. The molecule has 0 bridgehead atoms. The maximum Gasteiger partial charge on any atom is 0.243 e. The molecule has 0 saturated carbocycles. The van der Waals surface area contributed by atoms with Gasteiger partial charge in [-0.05, 0) is 24.1 Å². The zero-order valence-corrected chi connectivity index (χ0v) is 17.4. The highest BCUT2D eigenvalue weighted by molar-refractivity contribution is 5.85. The number of hydrogen-bond acceptors (Lipinski definition) is 4. The summed E-state index contributed by atoms with van der Waals surface area (Å²) in [5.41, 5.74) is 0.989. The van der Waals surface area contributed by atoms with Crippen LogP contribution in [0.2, 0.25) is 0 Å². The van der Waals surface area contributed by atoms with Crippen molar-refractivity contribution in [2.75, 3.05) is 66.6 Å². The molecule has 1 amide bonds. The van der Waals surface area contributed by atoms with Crippen molar-refractivity contribution in [3.63, 3.8) is 0 Å².